The summed E-state index contributed by atoms with van der Waals surface area (Å²) in [5, 5.41) is 10.4. The Morgan fingerprint density at radius 2 is 1.23 bits per heavy atom. The predicted molar refractivity (Wildman–Crippen MR) is 116 cm³/mol. The molecule has 0 saturated carbocycles. The molecule has 0 amide bonds. The van der Waals surface area contributed by atoms with Crippen LogP contribution in [0.3, 0.4) is 0 Å². The minimum absolute atomic E-state index is 0.507. The molecule has 0 heterocycles. The SMILES string of the molecule is CCCCCCCCCC(c1ccccc1O)C(CC)CCCCCC. The number of phenols is 1. The maximum atomic E-state index is 10.4. The molecule has 0 saturated heterocycles. The van der Waals surface area contributed by atoms with Gasteiger partial charge in [0.25, 0.3) is 0 Å². The van der Waals surface area contributed by atoms with Crippen molar-refractivity contribution >= 4 is 0 Å². The van der Waals surface area contributed by atoms with Gasteiger partial charge in [0.05, 0.1) is 0 Å². The van der Waals surface area contributed by atoms with Crippen LogP contribution in [0.5, 0.6) is 5.75 Å². The van der Waals surface area contributed by atoms with Gasteiger partial charge >= 0.3 is 0 Å². The Bertz CT molecular complexity index is 440. The molecule has 0 fully saturated rings. The standard InChI is InChI=1S/C25H44O/c1-4-7-9-11-12-13-15-19-23(24-20-16-17-21-25(24)26)22(6-3)18-14-10-8-5-2/h16-17,20-23,26H,4-15,18-19H2,1-3H3. The van der Waals surface area contributed by atoms with Gasteiger partial charge in [0, 0.05) is 0 Å². The topological polar surface area (TPSA) is 20.2 Å². The number of phenolic OH excluding ortho intramolecular Hbond substituents is 1. The van der Waals surface area contributed by atoms with Crippen LogP contribution in [-0.2, 0) is 0 Å². The fourth-order valence-corrected chi connectivity index (χ4v) is 4.29. The second kappa shape index (κ2) is 15.1. The van der Waals surface area contributed by atoms with Gasteiger partial charge in [-0.15, -0.1) is 0 Å². The molecule has 0 radical (unpaired) electrons. The third-order valence-electron chi connectivity index (χ3n) is 5.98. The number of unbranched alkanes of at least 4 members (excludes halogenated alkanes) is 9. The zero-order valence-corrected chi connectivity index (χ0v) is 17.8. The number of benzene rings is 1. The number of para-hydroxylation sites is 1. The van der Waals surface area contributed by atoms with Crippen molar-refractivity contribution in [1.82, 2.24) is 0 Å². The number of aromatic hydroxyl groups is 1. The molecule has 0 spiro atoms. The monoisotopic (exact) mass is 360 g/mol. The molecule has 1 heteroatoms. The first-order chi connectivity index (χ1) is 12.7. The number of rotatable bonds is 16. The summed E-state index contributed by atoms with van der Waals surface area (Å²) in [6, 6.07) is 8.08. The van der Waals surface area contributed by atoms with E-state index in [1.807, 2.05) is 12.1 Å². The summed E-state index contributed by atoms with van der Waals surface area (Å²) < 4.78 is 0. The van der Waals surface area contributed by atoms with Crippen molar-refractivity contribution in [1.29, 1.82) is 0 Å². The van der Waals surface area contributed by atoms with Crippen molar-refractivity contribution < 1.29 is 5.11 Å². The van der Waals surface area contributed by atoms with E-state index in [4.69, 9.17) is 0 Å². The summed E-state index contributed by atoms with van der Waals surface area (Å²) in [5.41, 5.74) is 1.20. The van der Waals surface area contributed by atoms with Crippen molar-refractivity contribution in [3.63, 3.8) is 0 Å². The van der Waals surface area contributed by atoms with Crippen molar-refractivity contribution in [2.45, 2.75) is 117 Å². The molecule has 1 aromatic carbocycles. The van der Waals surface area contributed by atoms with Crippen molar-refractivity contribution in [3.05, 3.63) is 29.8 Å². The highest BCUT2D eigenvalue weighted by molar-refractivity contribution is 5.35. The summed E-state index contributed by atoms with van der Waals surface area (Å²) in [7, 11) is 0. The minimum atomic E-state index is 0.507. The highest BCUT2D eigenvalue weighted by Crippen LogP contribution is 2.39. The fraction of sp³-hybridized carbons (Fsp3) is 0.760. The van der Waals surface area contributed by atoms with Crippen LogP contribution in [0.1, 0.15) is 122 Å². The van der Waals surface area contributed by atoms with Crippen LogP contribution in [0.25, 0.3) is 0 Å². The second-order valence-electron chi connectivity index (χ2n) is 8.09. The molecule has 26 heavy (non-hydrogen) atoms. The Labute approximate surface area is 163 Å². The van der Waals surface area contributed by atoms with E-state index in [0.29, 0.717) is 17.6 Å². The van der Waals surface area contributed by atoms with Gasteiger partial charge < -0.3 is 5.11 Å². The van der Waals surface area contributed by atoms with Crippen LogP contribution >= 0.6 is 0 Å². The van der Waals surface area contributed by atoms with E-state index in [1.165, 1.54) is 95.5 Å². The number of hydrogen-bond donors (Lipinski definition) is 1. The van der Waals surface area contributed by atoms with Crippen LogP contribution in [0.2, 0.25) is 0 Å². The van der Waals surface area contributed by atoms with Gasteiger partial charge in [0.1, 0.15) is 5.75 Å². The highest BCUT2D eigenvalue weighted by Gasteiger charge is 2.23. The Morgan fingerprint density at radius 1 is 0.692 bits per heavy atom. The molecular weight excluding hydrogens is 316 g/mol. The summed E-state index contributed by atoms with van der Waals surface area (Å²) in [4.78, 5) is 0. The van der Waals surface area contributed by atoms with Gasteiger partial charge in [-0.3, -0.25) is 0 Å². The smallest absolute Gasteiger partial charge is 0.119 e. The average molecular weight is 361 g/mol. The molecule has 0 aliphatic heterocycles. The maximum absolute atomic E-state index is 10.4. The summed E-state index contributed by atoms with van der Waals surface area (Å²) >= 11 is 0. The Hall–Kier alpha value is -0.980. The Kier molecular flexibility index (Phi) is 13.4. The van der Waals surface area contributed by atoms with Crippen LogP contribution in [-0.4, -0.2) is 5.11 Å². The molecule has 1 rings (SSSR count). The van der Waals surface area contributed by atoms with Gasteiger partial charge in [-0.1, -0.05) is 116 Å². The largest absolute Gasteiger partial charge is 0.508 e. The first-order valence-electron chi connectivity index (χ1n) is 11.5. The summed E-state index contributed by atoms with van der Waals surface area (Å²) in [5.74, 6) is 1.74. The maximum Gasteiger partial charge on any atom is 0.119 e. The van der Waals surface area contributed by atoms with E-state index in [9.17, 15) is 5.11 Å². The molecule has 150 valence electrons. The van der Waals surface area contributed by atoms with E-state index in [1.54, 1.807) is 0 Å². The summed E-state index contributed by atoms with van der Waals surface area (Å²) in [6.45, 7) is 6.90. The first-order valence-corrected chi connectivity index (χ1v) is 11.5. The van der Waals surface area contributed by atoms with Gasteiger partial charge in [0.15, 0.2) is 0 Å². The average Bonchev–Trinajstić information content (AvgIpc) is 2.66. The molecule has 2 unspecified atom stereocenters. The Morgan fingerprint density at radius 3 is 1.85 bits per heavy atom. The zero-order valence-electron chi connectivity index (χ0n) is 17.8. The molecule has 0 aromatic heterocycles. The third-order valence-corrected chi connectivity index (χ3v) is 5.98. The van der Waals surface area contributed by atoms with E-state index in [-0.39, 0.29) is 0 Å². The molecule has 0 aliphatic carbocycles. The van der Waals surface area contributed by atoms with Gasteiger partial charge in [-0.2, -0.15) is 0 Å². The van der Waals surface area contributed by atoms with E-state index in [2.05, 4.69) is 32.9 Å². The lowest BCUT2D eigenvalue weighted by molar-refractivity contribution is 0.333. The number of hydrogen-bond acceptors (Lipinski definition) is 1. The molecule has 1 aromatic rings. The van der Waals surface area contributed by atoms with E-state index in [0.717, 1.165) is 0 Å². The van der Waals surface area contributed by atoms with E-state index >= 15 is 0 Å². The predicted octanol–water partition coefficient (Wildman–Crippen LogP) is 8.61. The highest BCUT2D eigenvalue weighted by atomic mass is 16.3. The van der Waals surface area contributed by atoms with Crippen LogP contribution in [0, 0.1) is 5.92 Å². The first kappa shape index (κ1) is 23.1. The molecule has 1 N–H and O–H groups in total. The van der Waals surface area contributed by atoms with Crippen LogP contribution in [0.15, 0.2) is 24.3 Å². The lowest BCUT2D eigenvalue weighted by Gasteiger charge is -2.28. The molecule has 1 nitrogen and oxygen atoms in total. The Balaban J connectivity index is 2.59. The quantitative estimate of drug-likeness (QED) is 0.292. The molecule has 2 atom stereocenters. The van der Waals surface area contributed by atoms with Crippen LogP contribution in [0.4, 0.5) is 0 Å². The lowest BCUT2D eigenvalue weighted by atomic mass is 9.78. The third kappa shape index (κ3) is 9.10. The molecule has 0 bridgehead atoms. The van der Waals surface area contributed by atoms with Crippen LogP contribution < -0.4 is 0 Å². The summed E-state index contributed by atoms with van der Waals surface area (Å²) in [6.07, 6.45) is 18.7. The fourth-order valence-electron chi connectivity index (χ4n) is 4.29. The van der Waals surface area contributed by atoms with E-state index < -0.39 is 0 Å². The minimum Gasteiger partial charge on any atom is -0.508 e. The molecular formula is C25H44O. The second-order valence-corrected chi connectivity index (χ2v) is 8.09. The van der Waals surface area contributed by atoms with Crippen molar-refractivity contribution in [2.75, 3.05) is 0 Å². The van der Waals surface area contributed by atoms with Gasteiger partial charge in [-0.25, -0.2) is 0 Å². The van der Waals surface area contributed by atoms with Crippen molar-refractivity contribution in [3.8, 4) is 5.75 Å². The normalized spacial score (nSPS) is 13.7. The lowest BCUT2D eigenvalue weighted by Crippen LogP contribution is -2.13. The van der Waals surface area contributed by atoms with Crippen molar-refractivity contribution in [2.24, 2.45) is 5.92 Å². The zero-order chi connectivity index (χ0) is 19.0. The molecule has 0 aliphatic rings. The van der Waals surface area contributed by atoms with Gasteiger partial charge in [-0.05, 0) is 36.3 Å². The van der Waals surface area contributed by atoms with Gasteiger partial charge in [0.2, 0.25) is 0 Å².